The molecule has 0 fully saturated rings. The maximum absolute atomic E-state index is 9.60. The summed E-state index contributed by atoms with van der Waals surface area (Å²) in [6.07, 6.45) is -2.13. The summed E-state index contributed by atoms with van der Waals surface area (Å²) in [5.41, 5.74) is 0.299. The van der Waals surface area contributed by atoms with E-state index in [1.807, 2.05) is 0 Å². The summed E-state index contributed by atoms with van der Waals surface area (Å²) in [7, 11) is 0. The predicted molar refractivity (Wildman–Crippen MR) is 57.9 cm³/mol. The largest absolute Gasteiger partial charge is 0.508 e. The smallest absolute Gasteiger partial charge is 0.116 e. The Labute approximate surface area is 92.4 Å². The normalized spacial score (nSPS) is 15.1. The lowest BCUT2D eigenvalue weighted by molar-refractivity contribution is 0.0337. The first-order valence-corrected chi connectivity index (χ1v) is 5.02. The van der Waals surface area contributed by atoms with Crippen molar-refractivity contribution < 1.29 is 15.3 Å². The van der Waals surface area contributed by atoms with Gasteiger partial charge < -0.3 is 15.3 Å². The van der Waals surface area contributed by atoms with Crippen molar-refractivity contribution in [3.63, 3.8) is 0 Å². The minimum Gasteiger partial charge on any atom is -0.508 e. The Kier molecular flexibility index (Phi) is 4.07. The van der Waals surface area contributed by atoms with Gasteiger partial charge in [-0.2, -0.15) is 12.6 Å². The van der Waals surface area contributed by atoms with E-state index in [1.165, 1.54) is 18.2 Å². The number of phenolic OH excluding ortho intramolecular Hbond substituents is 1. The van der Waals surface area contributed by atoms with E-state index in [-0.39, 0.29) is 11.5 Å². The molecule has 0 saturated carbocycles. The van der Waals surface area contributed by atoms with Crippen molar-refractivity contribution in [1.82, 2.24) is 0 Å². The van der Waals surface area contributed by atoms with Crippen molar-refractivity contribution in [2.75, 3.05) is 5.75 Å². The van der Waals surface area contributed by atoms with Crippen molar-refractivity contribution in [3.8, 4) is 5.75 Å². The van der Waals surface area contributed by atoms with E-state index in [0.29, 0.717) is 10.6 Å². The SMILES string of the molecule is Oc1ccc(Cl)c(C(O)C(O)CS)c1. The Morgan fingerprint density at radius 2 is 2.00 bits per heavy atom. The van der Waals surface area contributed by atoms with Gasteiger partial charge in [0.15, 0.2) is 0 Å². The van der Waals surface area contributed by atoms with E-state index in [4.69, 9.17) is 11.6 Å². The second-order valence-electron chi connectivity index (χ2n) is 2.90. The molecule has 0 bridgehead atoms. The minimum atomic E-state index is -1.13. The molecule has 78 valence electrons. The molecule has 0 aromatic heterocycles. The first kappa shape index (κ1) is 11.7. The molecule has 0 aliphatic heterocycles. The second kappa shape index (κ2) is 4.89. The Hall–Kier alpha value is -0.420. The highest BCUT2D eigenvalue weighted by molar-refractivity contribution is 7.80. The molecular formula is C9H11ClO3S. The van der Waals surface area contributed by atoms with Gasteiger partial charge in [0.1, 0.15) is 11.9 Å². The summed E-state index contributed by atoms with van der Waals surface area (Å²) in [5, 5.41) is 28.4. The zero-order chi connectivity index (χ0) is 10.7. The lowest BCUT2D eigenvalue weighted by Gasteiger charge is -2.17. The summed E-state index contributed by atoms with van der Waals surface area (Å²) in [5.74, 6) is 0.113. The fourth-order valence-corrected chi connectivity index (χ4v) is 1.49. The van der Waals surface area contributed by atoms with Crippen molar-refractivity contribution in [2.24, 2.45) is 0 Å². The third kappa shape index (κ3) is 2.54. The Balaban J connectivity index is 2.99. The number of aliphatic hydroxyl groups is 2. The predicted octanol–water partition coefficient (Wildman–Crippen LogP) is 1.37. The first-order chi connectivity index (χ1) is 6.56. The van der Waals surface area contributed by atoms with E-state index >= 15 is 0 Å². The number of thiol groups is 1. The molecular weight excluding hydrogens is 224 g/mol. The lowest BCUT2D eigenvalue weighted by Crippen LogP contribution is -2.19. The zero-order valence-electron chi connectivity index (χ0n) is 7.26. The Bertz CT molecular complexity index is 319. The van der Waals surface area contributed by atoms with Gasteiger partial charge in [-0.05, 0) is 18.2 Å². The first-order valence-electron chi connectivity index (χ1n) is 4.01. The highest BCUT2D eigenvalue weighted by Gasteiger charge is 2.19. The molecule has 0 spiro atoms. The van der Waals surface area contributed by atoms with Crippen LogP contribution in [0.25, 0.3) is 0 Å². The van der Waals surface area contributed by atoms with Crippen LogP contribution in [0.3, 0.4) is 0 Å². The number of halogens is 1. The van der Waals surface area contributed by atoms with Crippen molar-refractivity contribution in [3.05, 3.63) is 28.8 Å². The van der Waals surface area contributed by atoms with E-state index in [2.05, 4.69) is 12.6 Å². The van der Waals surface area contributed by atoms with Gasteiger partial charge >= 0.3 is 0 Å². The highest BCUT2D eigenvalue weighted by Crippen LogP contribution is 2.28. The Morgan fingerprint density at radius 1 is 1.36 bits per heavy atom. The van der Waals surface area contributed by atoms with Crippen LogP contribution in [0.1, 0.15) is 11.7 Å². The third-order valence-electron chi connectivity index (χ3n) is 1.85. The van der Waals surface area contributed by atoms with E-state index in [1.54, 1.807) is 0 Å². The third-order valence-corrected chi connectivity index (χ3v) is 2.57. The van der Waals surface area contributed by atoms with Crippen molar-refractivity contribution >= 4 is 24.2 Å². The number of rotatable bonds is 3. The quantitative estimate of drug-likeness (QED) is 0.598. The van der Waals surface area contributed by atoms with Gasteiger partial charge in [0.05, 0.1) is 6.10 Å². The van der Waals surface area contributed by atoms with Gasteiger partial charge in [0.2, 0.25) is 0 Å². The molecule has 1 aromatic rings. The monoisotopic (exact) mass is 234 g/mol. The van der Waals surface area contributed by atoms with Crippen LogP contribution in [0, 0.1) is 0 Å². The van der Waals surface area contributed by atoms with Gasteiger partial charge in [-0.15, -0.1) is 0 Å². The average Bonchev–Trinajstić information content (AvgIpc) is 2.19. The number of hydrogen-bond donors (Lipinski definition) is 4. The zero-order valence-corrected chi connectivity index (χ0v) is 8.91. The van der Waals surface area contributed by atoms with Crippen LogP contribution in [-0.2, 0) is 0 Å². The molecule has 0 saturated heterocycles. The van der Waals surface area contributed by atoms with Gasteiger partial charge in [0.25, 0.3) is 0 Å². The number of benzene rings is 1. The molecule has 14 heavy (non-hydrogen) atoms. The second-order valence-corrected chi connectivity index (χ2v) is 3.67. The molecule has 1 aromatic carbocycles. The molecule has 2 atom stereocenters. The number of hydrogen-bond acceptors (Lipinski definition) is 4. The summed E-state index contributed by atoms with van der Waals surface area (Å²) in [6.45, 7) is 0. The fraction of sp³-hybridized carbons (Fsp3) is 0.333. The van der Waals surface area contributed by atoms with Gasteiger partial charge in [-0.3, -0.25) is 0 Å². The standard InChI is InChI=1S/C9H11ClO3S/c10-7-2-1-5(11)3-6(7)9(13)8(12)4-14/h1-3,8-9,11-14H,4H2. The van der Waals surface area contributed by atoms with Gasteiger partial charge in [-0.25, -0.2) is 0 Å². The minimum absolute atomic E-state index is 0.00480. The Morgan fingerprint density at radius 3 is 2.57 bits per heavy atom. The summed E-state index contributed by atoms with van der Waals surface area (Å²) in [4.78, 5) is 0. The van der Waals surface area contributed by atoms with Crippen molar-refractivity contribution in [1.29, 1.82) is 0 Å². The number of aromatic hydroxyl groups is 1. The van der Waals surface area contributed by atoms with Crippen LogP contribution in [-0.4, -0.2) is 27.2 Å². The number of aliphatic hydroxyl groups excluding tert-OH is 2. The van der Waals surface area contributed by atoms with Crippen LogP contribution >= 0.6 is 24.2 Å². The molecule has 3 N–H and O–H groups in total. The molecule has 2 unspecified atom stereocenters. The van der Waals surface area contributed by atoms with E-state index < -0.39 is 12.2 Å². The molecule has 0 radical (unpaired) electrons. The average molecular weight is 235 g/mol. The van der Waals surface area contributed by atoms with E-state index in [0.717, 1.165) is 0 Å². The van der Waals surface area contributed by atoms with E-state index in [9.17, 15) is 15.3 Å². The van der Waals surface area contributed by atoms with Crippen LogP contribution < -0.4 is 0 Å². The van der Waals surface area contributed by atoms with Gasteiger partial charge in [0, 0.05) is 16.3 Å². The van der Waals surface area contributed by atoms with Crippen LogP contribution in [0.5, 0.6) is 5.75 Å². The summed E-state index contributed by atoms with van der Waals surface area (Å²) < 4.78 is 0. The molecule has 5 heteroatoms. The maximum Gasteiger partial charge on any atom is 0.116 e. The van der Waals surface area contributed by atoms with Crippen molar-refractivity contribution in [2.45, 2.75) is 12.2 Å². The maximum atomic E-state index is 9.60. The molecule has 0 aliphatic rings. The molecule has 3 nitrogen and oxygen atoms in total. The van der Waals surface area contributed by atoms with Crippen LogP contribution in [0.2, 0.25) is 5.02 Å². The fourth-order valence-electron chi connectivity index (χ4n) is 1.06. The highest BCUT2D eigenvalue weighted by atomic mass is 35.5. The lowest BCUT2D eigenvalue weighted by atomic mass is 10.1. The van der Waals surface area contributed by atoms with Crippen LogP contribution in [0.15, 0.2) is 18.2 Å². The number of phenols is 1. The van der Waals surface area contributed by atoms with Gasteiger partial charge in [-0.1, -0.05) is 11.6 Å². The summed E-state index contributed by atoms with van der Waals surface area (Å²) in [6, 6.07) is 4.19. The molecule has 1 rings (SSSR count). The topological polar surface area (TPSA) is 60.7 Å². The molecule has 0 heterocycles. The van der Waals surface area contributed by atoms with Crippen LogP contribution in [0.4, 0.5) is 0 Å². The summed E-state index contributed by atoms with van der Waals surface area (Å²) >= 11 is 9.63. The molecule has 0 amide bonds. The molecule has 0 aliphatic carbocycles.